The highest BCUT2D eigenvalue weighted by Gasteiger charge is 2.19. The predicted octanol–water partition coefficient (Wildman–Crippen LogP) is 4.97. The van der Waals surface area contributed by atoms with Crippen molar-refractivity contribution < 1.29 is 4.79 Å². The maximum Gasteiger partial charge on any atom is 0.192 e. The van der Waals surface area contributed by atoms with Gasteiger partial charge in [0.05, 0.1) is 5.75 Å². The van der Waals surface area contributed by atoms with Gasteiger partial charge < -0.3 is 4.57 Å². The molecule has 6 nitrogen and oxygen atoms in total. The van der Waals surface area contributed by atoms with E-state index in [1.807, 2.05) is 54.8 Å². The van der Waals surface area contributed by atoms with E-state index < -0.39 is 0 Å². The molecule has 4 aromatic rings. The van der Waals surface area contributed by atoms with E-state index in [1.165, 1.54) is 17.3 Å². The van der Waals surface area contributed by atoms with Gasteiger partial charge in [-0.25, -0.2) is 0 Å². The number of Topliss-reactive ketones (excluding diaryl/α,β-unsaturated/α-hetero) is 1. The van der Waals surface area contributed by atoms with Gasteiger partial charge >= 0.3 is 0 Å². The second-order valence-corrected chi connectivity index (χ2v) is 8.45. The Hall–Kier alpha value is -3.45. The van der Waals surface area contributed by atoms with E-state index >= 15 is 0 Å². The molecule has 0 spiro atoms. The molecular weight excluding hydrogens is 418 g/mol. The Labute approximate surface area is 192 Å². The van der Waals surface area contributed by atoms with Gasteiger partial charge in [0.25, 0.3) is 0 Å². The number of aromatic nitrogens is 5. The first-order valence-corrected chi connectivity index (χ1v) is 11.4. The molecule has 0 aliphatic heterocycles. The third-order valence-electron chi connectivity index (χ3n) is 5.36. The van der Waals surface area contributed by atoms with Crippen LogP contribution in [0.3, 0.4) is 0 Å². The third-order valence-corrected chi connectivity index (χ3v) is 6.32. The zero-order valence-electron chi connectivity index (χ0n) is 18.2. The van der Waals surface area contributed by atoms with Crippen molar-refractivity contribution in [2.75, 3.05) is 5.75 Å². The number of benzene rings is 1. The summed E-state index contributed by atoms with van der Waals surface area (Å²) in [5.74, 6) is 1.12. The summed E-state index contributed by atoms with van der Waals surface area (Å²) in [5.41, 5.74) is 4.97. The number of rotatable bonds is 9. The fourth-order valence-electron chi connectivity index (χ4n) is 3.70. The summed E-state index contributed by atoms with van der Waals surface area (Å²) in [4.78, 5) is 17.1. The van der Waals surface area contributed by atoms with Crippen molar-refractivity contribution in [3.8, 4) is 11.4 Å². The van der Waals surface area contributed by atoms with E-state index in [0.717, 1.165) is 34.9 Å². The van der Waals surface area contributed by atoms with Gasteiger partial charge in [-0.15, -0.1) is 16.8 Å². The first-order valence-electron chi connectivity index (χ1n) is 10.4. The average Bonchev–Trinajstić information content (AvgIpc) is 3.35. The Balaban J connectivity index is 1.52. The van der Waals surface area contributed by atoms with Crippen LogP contribution in [0.2, 0.25) is 0 Å². The summed E-state index contributed by atoms with van der Waals surface area (Å²) in [7, 11) is 0. The van der Waals surface area contributed by atoms with E-state index in [-0.39, 0.29) is 5.78 Å². The zero-order valence-corrected chi connectivity index (χ0v) is 19.0. The van der Waals surface area contributed by atoms with Gasteiger partial charge in [-0.2, -0.15) is 0 Å². The molecule has 0 saturated heterocycles. The van der Waals surface area contributed by atoms with Crippen LogP contribution in [0.1, 0.15) is 27.3 Å². The highest BCUT2D eigenvalue weighted by Crippen LogP contribution is 2.25. The monoisotopic (exact) mass is 443 g/mol. The summed E-state index contributed by atoms with van der Waals surface area (Å²) in [6.07, 6.45) is 5.25. The molecule has 0 bridgehead atoms. The molecular formula is C25H25N5OS. The lowest BCUT2D eigenvalue weighted by atomic mass is 10.2. The second kappa shape index (κ2) is 9.78. The van der Waals surface area contributed by atoms with E-state index in [2.05, 4.69) is 38.5 Å². The van der Waals surface area contributed by atoms with E-state index in [0.29, 0.717) is 17.5 Å². The number of hydrogen-bond acceptors (Lipinski definition) is 5. The Morgan fingerprint density at radius 2 is 1.81 bits per heavy atom. The fraction of sp³-hybridized carbons (Fsp3) is 0.200. The van der Waals surface area contributed by atoms with Crippen molar-refractivity contribution >= 4 is 17.5 Å². The number of thioether (sulfide) groups is 1. The van der Waals surface area contributed by atoms with Crippen LogP contribution in [-0.2, 0) is 13.1 Å². The molecule has 0 aliphatic carbocycles. The normalized spacial score (nSPS) is 10.9. The molecule has 7 heteroatoms. The molecule has 0 atom stereocenters. The topological polar surface area (TPSA) is 65.6 Å². The molecule has 4 rings (SSSR count). The van der Waals surface area contributed by atoms with Crippen LogP contribution in [0.15, 0.2) is 78.7 Å². The molecule has 0 N–H and O–H groups in total. The first-order chi connectivity index (χ1) is 15.6. The quantitative estimate of drug-likeness (QED) is 0.208. The maximum absolute atomic E-state index is 13.1. The molecule has 0 aliphatic rings. The highest BCUT2D eigenvalue weighted by atomic mass is 32.2. The molecule has 0 amide bonds. The van der Waals surface area contributed by atoms with Gasteiger partial charge in [-0.3, -0.25) is 14.3 Å². The van der Waals surface area contributed by atoms with Gasteiger partial charge in [0, 0.05) is 48.0 Å². The molecule has 0 saturated carbocycles. The Morgan fingerprint density at radius 3 is 2.53 bits per heavy atom. The van der Waals surface area contributed by atoms with Crippen LogP contribution in [0.25, 0.3) is 11.4 Å². The van der Waals surface area contributed by atoms with Gasteiger partial charge in [0.15, 0.2) is 16.8 Å². The average molecular weight is 444 g/mol. The van der Waals surface area contributed by atoms with Crippen molar-refractivity contribution in [1.29, 1.82) is 0 Å². The molecule has 3 heterocycles. The zero-order chi connectivity index (χ0) is 22.5. The molecule has 0 unspecified atom stereocenters. The number of hydrogen-bond donors (Lipinski definition) is 0. The molecule has 3 aromatic heterocycles. The molecule has 1 aromatic carbocycles. The van der Waals surface area contributed by atoms with Crippen molar-refractivity contribution in [1.82, 2.24) is 24.3 Å². The van der Waals surface area contributed by atoms with E-state index in [1.54, 1.807) is 18.5 Å². The van der Waals surface area contributed by atoms with Crippen LogP contribution in [0.5, 0.6) is 0 Å². The summed E-state index contributed by atoms with van der Waals surface area (Å²) in [6.45, 7) is 9.21. The van der Waals surface area contributed by atoms with Crippen LogP contribution >= 0.6 is 11.8 Å². The minimum atomic E-state index is 0.0843. The van der Waals surface area contributed by atoms with Crippen LogP contribution < -0.4 is 0 Å². The summed E-state index contributed by atoms with van der Waals surface area (Å²) in [6, 6.07) is 16.0. The number of carbonyl (C=O) groups is 1. The van der Waals surface area contributed by atoms with Gasteiger partial charge in [-0.05, 0) is 37.6 Å². The van der Waals surface area contributed by atoms with Gasteiger partial charge in [0.2, 0.25) is 0 Å². The van der Waals surface area contributed by atoms with Crippen molar-refractivity contribution in [2.24, 2.45) is 0 Å². The van der Waals surface area contributed by atoms with Crippen molar-refractivity contribution in [3.05, 3.63) is 96.1 Å². The number of aryl methyl sites for hydroxylation is 1. The molecule has 0 fully saturated rings. The lowest BCUT2D eigenvalue weighted by molar-refractivity contribution is 0.102. The third kappa shape index (κ3) is 4.57. The fourth-order valence-corrected chi connectivity index (χ4v) is 4.54. The minimum absolute atomic E-state index is 0.0843. The van der Waals surface area contributed by atoms with E-state index in [9.17, 15) is 4.79 Å². The van der Waals surface area contributed by atoms with Gasteiger partial charge in [-0.1, -0.05) is 48.2 Å². The van der Waals surface area contributed by atoms with Gasteiger partial charge in [0.1, 0.15) is 0 Å². The smallest absolute Gasteiger partial charge is 0.192 e. The van der Waals surface area contributed by atoms with Crippen LogP contribution in [0.4, 0.5) is 0 Å². The highest BCUT2D eigenvalue weighted by molar-refractivity contribution is 7.99. The second-order valence-electron chi connectivity index (χ2n) is 7.51. The van der Waals surface area contributed by atoms with E-state index in [4.69, 9.17) is 0 Å². The molecule has 162 valence electrons. The molecule has 0 radical (unpaired) electrons. The Bertz CT molecular complexity index is 1230. The first kappa shape index (κ1) is 21.8. The Morgan fingerprint density at radius 1 is 1.06 bits per heavy atom. The summed E-state index contributed by atoms with van der Waals surface area (Å²) >= 11 is 1.40. The summed E-state index contributed by atoms with van der Waals surface area (Å²) < 4.78 is 4.16. The van der Waals surface area contributed by atoms with Crippen LogP contribution in [0, 0.1) is 13.8 Å². The largest absolute Gasteiger partial charge is 0.344 e. The van der Waals surface area contributed by atoms with Crippen molar-refractivity contribution in [2.45, 2.75) is 32.1 Å². The lowest BCUT2D eigenvalue weighted by Crippen LogP contribution is -2.08. The number of ketones is 1. The number of allylic oxidation sites excluding steroid dienone is 1. The number of pyridine rings is 1. The summed E-state index contributed by atoms with van der Waals surface area (Å²) in [5, 5.41) is 9.36. The van der Waals surface area contributed by atoms with Crippen molar-refractivity contribution in [3.63, 3.8) is 0 Å². The SMILES string of the molecule is C=CCn1c(SCC(=O)c2cc(C)n(Cc3ccccc3)c2C)nnc1-c1ccncc1. The minimum Gasteiger partial charge on any atom is -0.344 e. The molecule has 32 heavy (non-hydrogen) atoms. The predicted molar refractivity (Wildman–Crippen MR) is 128 cm³/mol. The van der Waals surface area contributed by atoms with Crippen LogP contribution in [-0.4, -0.2) is 35.9 Å². The maximum atomic E-state index is 13.1. The Kier molecular flexibility index (Phi) is 6.66. The standard InChI is InChI=1S/C25H25N5OS/c1-4-14-29-24(21-10-12-26-13-11-21)27-28-25(29)32-17-23(31)22-15-18(2)30(19(22)3)16-20-8-6-5-7-9-20/h4-13,15H,1,14,16-17H2,2-3H3. The number of carbonyl (C=O) groups excluding carboxylic acids is 1. The number of nitrogens with zero attached hydrogens (tertiary/aromatic N) is 5. The lowest BCUT2D eigenvalue weighted by Gasteiger charge is -2.10.